The molecule has 0 aromatic rings. The molecule has 4 atom stereocenters. The highest BCUT2D eigenvalue weighted by atomic mass is 19.1. The van der Waals surface area contributed by atoms with Crippen molar-refractivity contribution in [3.05, 3.63) is 0 Å². The average Bonchev–Trinajstić information content (AvgIpc) is 2.55. The van der Waals surface area contributed by atoms with Crippen molar-refractivity contribution in [3.63, 3.8) is 0 Å². The van der Waals surface area contributed by atoms with Crippen molar-refractivity contribution < 1.29 is 13.9 Å². The van der Waals surface area contributed by atoms with E-state index in [4.69, 9.17) is 4.74 Å². The predicted octanol–water partition coefficient (Wildman–Crippen LogP) is 1.74. The molecule has 4 nitrogen and oxygen atoms in total. The third-order valence-corrected chi connectivity index (χ3v) is 3.29. The third-order valence-electron chi connectivity index (χ3n) is 3.29. The van der Waals surface area contributed by atoms with Crippen LogP contribution in [0.3, 0.4) is 0 Å². The lowest BCUT2D eigenvalue weighted by Crippen LogP contribution is -2.56. The zero-order valence-corrected chi connectivity index (χ0v) is 10.6. The second-order valence-corrected chi connectivity index (χ2v) is 5.98. The average molecular weight is 244 g/mol. The summed E-state index contributed by atoms with van der Waals surface area (Å²) in [6.45, 7) is 5.39. The molecule has 0 spiro atoms. The normalized spacial score (nSPS) is 36.7. The van der Waals surface area contributed by atoms with E-state index in [0.717, 1.165) is 12.8 Å². The van der Waals surface area contributed by atoms with E-state index in [9.17, 15) is 9.18 Å². The van der Waals surface area contributed by atoms with Gasteiger partial charge in [0.15, 0.2) is 0 Å². The number of piperidine rings is 1. The van der Waals surface area contributed by atoms with E-state index >= 15 is 0 Å². The standard InChI is InChI=1S/C12H21FN2O2/c1-12(2,3)17-11(16)15-9-6-7-4-5-8(14-7)10(9)13/h7-10,14H,4-6H2,1-3H3,(H,15,16)/t7-,8+,9-,10+/m0/s1. The van der Waals surface area contributed by atoms with Crippen molar-refractivity contribution in [2.24, 2.45) is 0 Å². The lowest BCUT2D eigenvalue weighted by atomic mass is 9.98. The Morgan fingerprint density at radius 3 is 2.76 bits per heavy atom. The summed E-state index contributed by atoms with van der Waals surface area (Å²) in [7, 11) is 0. The maximum Gasteiger partial charge on any atom is 0.407 e. The molecule has 0 aliphatic carbocycles. The van der Waals surface area contributed by atoms with E-state index in [1.54, 1.807) is 20.8 Å². The Morgan fingerprint density at radius 1 is 1.41 bits per heavy atom. The fourth-order valence-corrected chi connectivity index (χ4v) is 2.60. The van der Waals surface area contributed by atoms with Crippen molar-refractivity contribution in [1.82, 2.24) is 10.6 Å². The first-order valence-corrected chi connectivity index (χ1v) is 6.25. The molecule has 17 heavy (non-hydrogen) atoms. The van der Waals surface area contributed by atoms with Gasteiger partial charge in [-0.05, 0) is 40.0 Å². The Balaban J connectivity index is 1.88. The van der Waals surface area contributed by atoms with E-state index in [1.807, 2.05) is 0 Å². The second kappa shape index (κ2) is 4.44. The highest BCUT2D eigenvalue weighted by Crippen LogP contribution is 2.29. The third kappa shape index (κ3) is 3.09. The molecule has 98 valence electrons. The van der Waals surface area contributed by atoms with Gasteiger partial charge in [0.1, 0.15) is 11.8 Å². The maximum absolute atomic E-state index is 14.0. The monoisotopic (exact) mass is 244 g/mol. The summed E-state index contributed by atoms with van der Waals surface area (Å²) < 4.78 is 19.1. The highest BCUT2D eigenvalue weighted by molar-refractivity contribution is 5.68. The number of ether oxygens (including phenoxy) is 1. The van der Waals surface area contributed by atoms with Gasteiger partial charge in [0.05, 0.1) is 6.04 Å². The number of rotatable bonds is 1. The number of carbonyl (C=O) groups excluding carboxylic acids is 1. The van der Waals surface area contributed by atoms with Gasteiger partial charge in [-0.15, -0.1) is 0 Å². The number of amides is 1. The summed E-state index contributed by atoms with van der Waals surface area (Å²) in [5.74, 6) is 0. The minimum absolute atomic E-state index is 0.103. The molecule has 0 saturated carbocycles. The molecule has 2 heterocycles. The van der Waals surface area contributed by atoms with E-state index in [1.165, 1.54) is 0 Å². The lowest BCUT2D eigenvalue weighted by Gasteiger charge is -2.33. The van der Waals surface area contributed by atoms with E-state index < -0.39 is 23.9 Å². The lowest BCUT2D eigenvalue weighted by molar-refractivity contribution is 0.0436. The van der Waals surface area contributed by atoms with Crippen LogP contribution in [-0.4, -0.2) is 36.0 Å². The van der Waals surface area contributed by atoms with Crippen LogP contribution in [-0.2, 0) is 4.74 Å². The summed E-state index contributed by atoms with van der Waals surface area (Å²) in [6, 6.07) is -0.177. The molecular weight excluding hydrogens is 223 g/mol. The van der Waals surface area contributed by atoms with Crippen molar-refractivity contribution in [2.45, 2.75) is 69.9 Å². The molecule has 0 aromatic heterocycles. The highest BCUT2D eigenvalue weighted by Gasteiger charge is 2.42. The number of hydrogen-bond acceptors (Lipinski definition) is 3. The summed E-state index contributed by atoms with van der Waals surface area (Å²) in [6.07, 6.45) is 0.972. The molecule has 2 saturated heterocycles. The molecule has 2 bridgehead atoms. The first-order valence-electron chi connectivity index (χ1n) is 6.25. The predicted molar refractivity (Wildman–Crippen MR) is 62.6 cm³/mol. The summed E-state index contributed by atoms with van der Waals surface area (Å²) in [4.78, 5) is 11.6. The largest absolute Gasteiger partial charge is 0.444 e. The Morgan fingerprint density at radius 2 is 2.12 bits per heavy atom. The summed E-state index contributed by atoms with van der Waals surface area (Å²) >= 11 is 0. The van der Waals surface area contributed by atoms with E-state index in [-0.39, 0.29) is 6.04 Å². The van der Waals surface area contributed by atoms with Crippen LogP contribution in [0.25, 0.3) is 0 Å². The van der Waals surface area contributed by atoms with Gasteiger partial charge in [-0.3, -0.25) is 0 Å². The van der Waals surface area contributed by atoms with Crippen LogP contribution in [0.5, 0.6) is 0 Å². The summed E-state index contributed by atoms with van der Waals surface area (Å²) in [5.41, 5.74) is -0.540. The van der Waals surface area contributed by atoms with Crippen LogP contribution >= 0.6 is 0 Å². The van der Waals surface area contributed by atoms with Gasteiger partial charge in [-0.1, -0.05) is 0 Å². The Labute approximate surface area is 101 Å². The van der Waals surface area contributed by atoms with E-state index in [2.05, 4.69) is 10.6 Å². The summed E-state index contributed by atoms with van der Waals surface area (Å²) in [5, 5.41) is 5.87. The number of alkyl carbamates (subject to hydrolysis) is 1. The van der Waals surface area contributed by atoms with Crippen LogP contribution in [0.2, 0.25) is 0 Å². The minimum Gasteiger partial charge on any atom is -0.444 e. The quantitative estimate of drug-likeness (QED) is 0.738. The number of alkyl halides is 1. The van der Waals surface area contributed by atoms with Crippen LogP contribution in [0.15, 0.2) is 0 Å². The van der Waals surface area contributed by atoms with Gasteiger partial charge in [0.2, 0.25) is 0 Å². The Hall–Kier alpha value is -0.840. The van der Waals surface area contributed by atoms with E-state index in [0.29, 0.717) is 12.5 Å². The smallest absolute Gasteiger partial charge is 0.407 e. The number of halogens is 1. The number of hydrogen-bond donors (Lipinski definition) is 2. The maximum atomic E-state index is 14.0. The molecule has 2 rings (SSSR count). The molecule has 2 aliphatic heterocycles. The van der Waals surface area contributed by atoms with Crippen molar-refractivity contribution >= 4 is 6.09 Å². The zero-order chi connectivity index (χ0) is 12.6. The fraction of sp³-hybridized carbons (Fsp3) is 0.917. The zero-order valence-electron chi connectivity index (χ0n) is 10.6. The number of fused-ring (bicyclic) bond motifs is 2. The van der Waals surface area contributed by atoms with Gasteiger partial charge in [-0.25, -0.2) is 9.18 Å². The first-order chi connectivity index (χ1) is 7.85. The molecule has 5 heteroatoms. The molecule has 2 fully saturated rings. The van der Waals surface area contributed by atoms with Gasteiger partial charge in [0.25, 0.3) is 0 Å². The molecule has 1 amide bonds. The molecular formula is C12H21FN2O2. The SMILES string of the molecule is CC(C)(C)OC(=O)N[C@H]1C[C@@H]2CC[C@@H](N2)[C@H]1F. The topological polar surface area (TPSA) is 50.4 Å². The second-order valence-electron chi connectivity index (χ2n) is 5.98. The van der Waals surface area contributed by atoms with Crippen LogP contribution in [0.1, 0.15) is 40.0 Å². The molecule has 0 aromatic carbocycles. The van der Waals surface area contributed by atoms with Crippen molar-refractivity contribution in [2.75, 3.05) is 0 Å². The van der Waals surface area contributed by atoms with Crippen molar-refractivity contribution in [1.29, 1.82) is 0 Å². The van der Waals surface area contributed by atoms with Crippen molar-refractivity contribution in [3.8, 4) is 0 Å². The molecule has 2 aliphatic rings. The Kier molecular flexibility index (Phi) is 3.30. The van der Waals surface area contributed by atoms with Gasteiger partial charge in [0, 0.05) is 12.1 Å². The number of nitrogens with one attached hydrogen (secondary N) is 2. The Bertz CT molecular complexity index is 303. The van der Waals surface area contributed by atoms with Gasteiger partial charge < -0.3 is 15.4 Å². The van der Waals surface area contributed by atoms with Crippen LogP contribution in [0.4, 0.5) is 9.18 Å². The molecule has 0 unspecified atom stereocenters. The number of carbonyl (C=O) groups is 1. The molecule has 2 N–H and O–H groups in total. The van der Waals surface area contributed by atoms with Gasteiger partial charge in [-0.2, -0.15) is 0 Å². The fourth-order valence-electron chi connectivity index (χ4n) is 2.60. The van der Waals surface area contributed by atoms with Gasteiger partial charge >= 0.3 is 6.09 Å². The minimum atomic E-state index is -1.01. The molecule has 0 radical (unpaired) electrons. The van der Waals surface area contributed by atoms with Crippen LogP contribution in [0, 0.1) is 0 Å². The first kappa shape index (κ1) is 12.6. The van der Waals surface area contributed by atoms with Crippen LogP contribution < -0.4 is 10.6 Å².